The van der Waals surface area contributed by atoms with E-state index in [2.05, 4.69) is 41.4 Å². The van der Waals surface area contributed by atoms with Crippen LogP contribution in [0.2, 0.25) is 0 Å². The minimum atomic E-state index is -4.67. The average molecular weight is 423 g/mol. The van der Waals surface area contributed by atoms with Gasteiger partial charge in [0, 0.05) is 18.7 Å². The number of benzene rings is 1. The molecule has 1 heterocycles. The molecule has 2 aliphatic rings. The Morgan fingerprint density at radius 2 is 1.80 bits per heavy atom. The van der Waals surface area contributed by atoms with Crippen LogP contribution >= 0.6 is 0 Å². The molecule has 30 heavy (non-hydrogen) atoms. The van der Waals surface area contributed by atoms with Crippen molar-refractivity contribution in [3.05, 3.63) is 47.7 Å². The zero-order valence-corrected chi connectivity index (χ0v) is 17.5. The summed E-state index contributed by atoms with van der Waals surface area (Å²) in [4.78, 5) is 20.0. The van der Waals surface area contributed by atoms with E-state index in [1.54, 1.807) is 0 Å². The van der Waals surface area contributed by atoms with Crippen LogP contribution in [0.1, 0.15) is 31.2 Å². The Bertz CT molecular complexity index is 840. The van der Waals surface area contributed by atoms with Gasteiger partial charge < -0.3 is 11.1 Å². The fraction of sp³-hybridized carbons (Fsp3) is 0.524. The number of nitrogens with zero attached hydrogens (tertiary/aromatic N) is 3. The summed E-state index contributed by atoms with van der Waals surface area (Å²) in [5.74, 6) is -0.0910. The molecule has 0 aromatic heterocycles. The van der Waals surface area contributed by atoms with E-state index in [0.717, 1.165) is 18.9 Å². The number of alkyl halides is 3. The highest BCUT2D eigenvalue weighted by Gasteiger charge is 2.50. The Hall–Kier alpha value is -2.55. The van der Waals surface area contributed by atoms with Crippen molar-refractivity contribution in [1.82, 2.24) is 15.1 Å². The van der Waals surface area contributed by atoms with Gasteiger partial charge in [-0.2, -0.15) is 13.2 Å². The Morgan fingerprint density at radius 3 is 2.30 bits per heavy atom. The number of urea groups is 1. The van der Waals surface area contributed by atoms with Crippen LogP contribution in [0, 0.1) is 0 Å². The SMILES string of the molecule is CN=C(C=C(N)C(F)(F)F)N1CC2(CCC(c3ccccc3)(N(C)C)CC2)NC1=O. The first-order valence-corrected chi connectivity index (χ1v) is 9.87. The first-order valence-electron chi connectivity index (χ1n) is 9.87. The summed E-state index contributed by atoms with van der Waals surface area (Å²) in [6, 6.07) is 9.81. The van der Waals surface area contributed by atoms with E-state index in [1.807, 2.05) is 18.2 Å². The minimum Gasteiger partial charge on any atom is -0.395 e. The molecule has 1 saturated carbocycles. The Balaban J connectivity index is 1.80. The summed E-state index contributed by atoms with van der Waals surface area (Å²) in [5, 5.41) is 3.01. The second-order valence-corrected chi connectivity index (χ2v) is 8.27. The highest BCUT2D eigenvalue weighted by atomic mass is 19.4. The topological polar surface area (TPSA) is 74.0 Å². The van der Waals surface area contributed by atoms with E-state index in [9.17, 15) is 18.0 Å². The van der Waals surface area contributed by atoms with Crippen molar-refractivity contribution >= 4 is 11.9 Å². The molecule has 1 aliphatic carbocycles. The number of allylic oxidation sites excluding steroid dienone is 1. The first-order chi connectivity index (χ1) is 14.0. The molecule has 1 spiro atoms. The van der Waals surface area contributed by atoms with Gasteiger partial charge in [-0.05, 0) is 45.3 Å². The Kier molecular flexibility index (Phi) is 5.86. The van der Waals surface area contributed by atoms with E-state index in [1.165, 1.54) is 17.5 Å². The van der Waals surface area contributed by atoms with E-state index >= 15 is 0 Å². The smallest absolute Gasteiger partial charge is 0.395 e. The summed E-state index contributed by atoms with van der Waals surface area (Å²) in [5.41, 5.74) is 4.43. The van der Waals surface area contributed by atoms with E-state index in [4.69, 9.17) is 5.73 Å². The minimum absolute atomic E-state index is 0.0910. The highest BCUT2D eigenvalue weighted by molar-refractivity contribution is 6.05. The number of amidine groups is 1. The second kappa shape index (κ2) is 7.94. The van der Waals surface area contributed by atoms with Crippen molar-refractivity contribution in [2.24, 2.45) is 10.7 Å². The normalized spacial score (nSPS) is 28.4. The van der Waals surface area contributed by atoms with Gasteiger partial charge in [0.15, 0.2) is 0 Å². The third-order valence-electron chi connectivity index (χ3n) is 6.40. The molecule has 0 unspecified atom stereocenters. The lowest BCUT2D eigenvalue weighted by molar-refractivity contribution is -0.0925. The number of hydrogen-bond acceptors (Lipinski definition) is 4. The zero-order valence-electron chi connectivity index (χ0n) is 17.5. The van der Waals surface area contributed by atoms with Gasteiger partial charge in [-0.1, -0.05) is 30.3 Å². The predicted molar refractivity (Wildman–Crippen MR) is 110 cm³/mol. The Labute approximate surface area is 174 Å². The van der Waals surface area contributed by atoms with Crippen LogP contribution in [0.5, 0.6) is 0 Å². The third-order valence-corrected chi connectivity index (χ3v) is 6.40. The standard InChI is InChI=1S/C21H28F3N5O/c1-26-17(13-16(25)21(22,23)24)29-14-19(27-18(29)30)9-11-20(12-10-19,28(2)3)15-7-5-4-6-8-15/h4-8,13H,9-12,14,25H2,1-3H3,(H,27,30). The van der Waals surface area contributed by atoms with Gasteiger partial charge in [0.25, 0.3) is 0 Å². The van der Waals surface area contributed by atoms with E-state index in [0.29, 0.717) is 12.8 Å². The molecule has 6 nitrogen and oxygen atoms in total. The maximum absolute atomic E-state index is 12.8. The third kappa shape index (κ3) is 4.03. The van der Waals surface area contributed by atoms with Crippen molar-refractivity contribution in [2.45, 2.75) is 42.9 Å². The van der Waals surface area contributed by atoms with Crippen molar-refractivity contribution in [3.63, 3.8) is 0 Å². The molecule has 1 aromatic rings. The number of rotatable bonds is 3. The molecule has 2 fully saturated rings. The van der Waals surface area contributed by atoms with Gasteiger partial charge in [-0.25, -0.2) is 4.79 Å². The van der Waals surface area contributed by atoms with Gasteiger partial charge in [0.05, 0.1) is 12.1 Å². The van der Waals surface area contributed by atoms with Crippen LogP contribution in [0.3, 0.4) is 0 Å². The predicted octanol–water partition coefficient (Wildman–Crippen LogP) is 3.21. The number of carbonyl (C=O) groups is 1. The number of carbonyl (C=O) groups excluding carboxylic acids is 1. The lowest BCUT2D eigenvalue weighted by atomic mass is 9.69. The van der Waals surface area contributed by atoms with Crippen LogP contribution in [0.15, 0.2) is 47.1 Å². The lowest BCUT2D eigenvalue weighted by Crippen LogP contribution is -2.54. The van der Waals surface area contributed by atoms with Crippen molar-refractivity contribution in [3.8, 4) is 0 Å². The molecule has 1 aromatic carbocycles. The second-order valence-electron chi connectivity index (χ2n) is 8.27. The molecule has 0 bridgehead atoms. The fourth-order valence-corrected chi connectivity index (χ4v) is 4.55. The summed E-state index contributed by atoms with van der Waals surface area (Å²) in [6.07, 6.45) is -0.907. The van der Waals surface area contributed by atoms with Crippen molar-refractivity contribution in [2.75, 3.05) is 27.7 Å². The lowest BCUT2D eigenvalue weighted by Gasteiger charge is -2.48. The molecule has 9 heteroatoms. The molecule has 164 valence electrons. The first kappa shape index (κ1) is 22.1. The summed E-state index contributed by atoms with van der Waals surface area (Å²) in [7, 11) is 5.45. The van der Waals surface area contributed by atoms with Gasteiger partial charge in [0.1, 0.15) is 11.5 Å². The number of halogens is 3. The van der Waals surface area contributed by atoms with Crippen molar-refractivity contribution < 1.29 is 18.0 Å². The Morgan fingerprint density at radius 1 is 1.20 bits per heavy atom. The number of nitrogens with two attached hydrogens (primary N) is 1. The quantitative estimate of drug-likeness (QED) is 0.579. The van der Waals surface area contributed by atoms with Crippen molar-refractivity contribution in [1.29, 1.82) is 0 Å². The molecule has 2 amide bonds. The highest BCUT2D eigenvalue weighted by Crippen LogP contribution is 2.46. The van der Waals surface area contributed by atoms with Gasteiger partial charge in [-0.15, -0.1) is 0 Å². The molecular formula is C21H28F3N5O. The molecule has 3 N–H and O–H groups in total. The monoisotopic (exact) mass is 423 g/mol. The van der Waals surface area contributed by atoms with E-state index < -0.39 is 23.4 Å². The molecule has 1 aliphatic heterocycles. The fourth-order valence-electron chi connectivity index (χ4n) is 4.55. The number of nitrogens with one attached hydrogen (secondary N) is 1. The van der Waals surface area contributed by atoms with Crippen LogP contribution in [-0.2, 0) is 5.54 Å². The molecule has 0 radical (unpaired) electrons. The number of hydrogen-bond donors (Lipinski definition) is 2. The maximum atomic E-state index is 12.8. The van der Waals surface area contributed by atoms with Gasteiger partial charge in [-0.3, -0.25) is 14.8 Å². The zero-order chi connectivity index (χ0) is 22.2. The number of aliphatic imine (C=N–C) groups is 1. The average Bonchev–Trinajstić information content (AvgIpc) is 3.02. The van der Waals surface area contributed by atoms with Crippen LogP contribution in [0.25, 0.3) is 0 Å². The molecule has 3 rings (SSSR count). The largest absolute Gasteiger partial charge is 0.430 e. The van der Waals surface area contributed by atoms with E-state index in [-0.39, 0.29) is 17.9 Å². The van der Waals surface area contributed by atoms with Crippen LogP contribution < -0.4 is 11.1 Å². The molecule has 0 atom stereocenters. The molecule has 1 saturated heterocycles. The van der Waals surface area contributed by atoms with Crippen LogP contribution in [0.4, 0.5) is 18.0 Å². The van der Waals surface area contributed by atoms with Crippen LogP contribution in [-0.4, -0.2) is 61.1 Å². The summed E-state index contributed by atoms with van der Waals surface area (Å²) >= 11 is 0. The number of amides is 2. The van der Waals surface area contributed by atoms with Gasteiger partial charge >= 0.3 is 12.2 Å². The summed E-state index contributed by atoms with van der Waals surface area (Å²) < 4.78 is 38.5. The van der Waals surface area contributed by atoms with Gasteiger partial charge in [0.2, 0.25) is 0 Å². The molecular weight excluding hydrogens is 395 g/mol. The summed E-state index contributed by atoms with van der Waals surface area (Å²) in [6.45, 7) is 0.262. The maximum Gasteiger partial charge on any atom is 0.430 e.